The molecule has 4 nitrogen and oxygen atoms in total. The lowest BCUT2D eigenvalue weighted by molar-refractivity contribution is 0.0925. The SMILES string of the molecule is CN([SiH3])CCC(C)(C)[Si]1(C)OCCN(C)CCO1. The second kappa shape index (κ2) is 6.63. The molecular weight excluding hydrogens is 260 g/mol. The molecular formula is C12H30N2O2Si2. The standard InChI is InChI=1S/C12H30N2O2Si2/c1-12(2,6-7-14(4)17)18(5)15-10-8-13(3)9-11-16-18/h6-11H2,1-5,17H3. The van der Waals surface area contributed by atoms with E-state index in [1.807, 2.05) is 0 Å². The maximum Gasteiger partial charge on any atom is 0.340 e. The van der Waals surface area contributed by atoms with Crippen molar-refractivity contribution in [1.29, 1.82) is 0 Å². The fourth-order valence-electron chi connectivity index (χ4n) is 2.07. The summed E-state index contributed by atoms with van der Waals surface area (Å²) < 4.78 is 14.8. The van der Waals surface area contributed by atoms with Crippen molar-refractivity contribution in [2.75, 3.05) is 46.9 Å². The van der Waals surface area contributed by atoms with Gasteiger partial charge in [0.1, 0.15) is 0 Å². The number of nitrogens with zero attached hydrogens (tertiary/aromatic N) is 2. The van der Waals surface area contributed by atoms with Gasteiger partial charge in [-0.1, -0.05) is 13.8 Å². The van der Waals surface area contributed by atoms with Crippen LogP contribution < -0.4 is 0 Å². The van der Waals surface area contributed by atoms with Crippen LogP contribution in [-0.2, 0) is 8.85 Å². The summed E-state index contributed by atoms with van der Waals surface area (Å²) in [7, 11) is 3.35. The predicted octanol–water partition coefficient (Wildman–Crippen LogP) is 0.420. The van der Waals surface area contributed by atoms with Gasteiger partial charge in [0, 0.05) is 31.3 Å². The van der Waals surface area contributed by atoms with Crippen molar-refractivity contribution in [2.24, 2.45) is 0 Å². The van der Waals surface area contributed by atoms with Crippen LogP contribution in [0.25, 0.3) is 0 Å². The average molecular weight is 291 g/mol. The van der Waals surface area contributed by atoms with Crippen LogP contribution >= 0.6 is 0 Å². The molecule has 1 aliphatic rings. The summed E-state index contributed by atoms with van der Waals surface area (Å²) in [5.74, 6) is 0. The van der Waals surface area contributed by atoms with E-state index in [1.165, 1.54) is 0 Å². The lowest BCUT2D eigenvalue weighted by Gasteiger charge is -2.43. The lowest BCUT2D eigenvalue weighted by atomic mass is 10.1. The minimum absolute atomic E-state index is 0.168. The zero-order valence-corrected chi connectivity index (χ0v) is 16.0. The Kier molecular flexibility index (Phi) is 6.01. The molecule has 1 heterocycles. The molecule has 0 aromatic carbocycles. The number of rotatable bonds is 4. The molecule has 6 heteroatoms. The van der Waals surface area contributed by atoms with Crippen molar-refractivity contribution in [3.8, 4) is 0 Å². The molecule has 1 saturated heterocycles. The zero-order valence-electron chi connectivity index (χ0n) is 13.0. The molecule has 0 atom stereocenters. The van der Waals surface area contributed by atoms with E-state index < -0.39 is 8.56 Å². The third-order valence-electron chi connectivity index (χ3n) is 4.11. The molecule has 1 aliphatic heterocycles. The monoisotopic (exact) mass is 290 g/mol. The van der Waals surface area contributed by atoms with E-state index in [1.54, 1.807) is 0 Å². The van der Waals surface area contributed by atoms with Crippen LogP contribution in [-0.4, -0.2) is 75.4 Å². The lowest BCUT2D eigenvalue weighted by Crippen LogP contribution is -2.53. The van der Waals surface area contributed by atoms with E-state index in [2.05, 4.69) is 44.0 Å². The normalized spacial score (nSPS) is 23.0. The van der Waals surface area contributed by atoms with Crippen LogP contribution in [0.3, 0.4) is 0 Å². The second-order valence-corrected chi connectivity index (χ2v) is 11.7. The van der Waals surface area contributed by atoms with Gasteiger partial charge < -0.3 is 18.3 Å². The molecule has 1 fully saturated rings. The van der Waals surface area contributed by atoms with Crippen molar-refractivity contribution in [1.82, 2.24) is 9.47 Å². The van der Waals surface area contributed by atoms with E-state index in [9.17, 15) is 0 Å². The maximum absolute atomic E-state index is 6.21. The van der Waals surface area contributed by atoms with Gasteiger partial charge in [-0.25, -0.2) is 0 Å². The first-order chi connectivity index (χ1) is 8.27. The van der Waals surface area contributed by atoms with Crippen LogP contribution in [0, 0.1) is 0 Å². The number of hydrogen-bond acceptors (Lipinski definition) is 4. The molecule has 0 aromatic rings. The summed E-state index contributed by atoms with van der Waals surface area (Å²) in [6, 6.07) is 0. The molecule has 0 spiro atoms. The van der Waals surface area contributed by atoms with Gasteiger partial charge in [0.05, 0.1) is 10.4 Å². The molecule has 0 aromatic heterocycles. The van der Waals surface area contributed by atoms with Crippen LogP contribution in [0.5, 0.6) is 0 Å². The molecule has 0 saturated carbocycles. The molecule has 0 bridgehead atoms. The van der Waals surface area contributed by atoms with Gasteiger partial charge in [-0.05, 0) is 33.6 Å². The summed E-state index contributed by atoms with van der Waals surface area (Å²) in [6.45, 7) is 11.7. The summed E-state index contributed by atoms with van der Waals surface area (Å²) >= 11 is 0. The summed E-state index contributed by atoms with van der Waals surface area (Å²) in [6.07, 6.45) is 1.16. The van der Waals surface area contributed by atoms with Crippen LogP contribution in [0.15, 0.2) is 0 Å². The van der Waals surface area contributed by atoms with Crippen molar-refractivity contribution < 1.29 is 8.85 Å². The highest BCUT2D eigenvalue weighted by molar-refractivity contribution is 6.69. The molecule has 0 aliphatic carbocycles. The summed E-state index contributed by atoms with van der Waals surface area (Å²) in [5.41, 5.74) is 0. The summed E-state index contributed by atoms with van der Waals surface area (Å²) in [5, 5.41) is 0.168. The summed E-state index contributed by atoms with van der Waals surface area (Å²) in [4.78, 5) is 2.27. The molecule has 1 rings (SSSR count). The first-order valence-electron chi connectivity index (χ1n) is 6.88. The van der Waals surface area contributed by atoms with E-state index in [-0.39, 0.29) is 5.04 Å². The van der Waals surface area contributed by atoms with Crippen LogP contribution in [0.1, 0.15) is 20.3 Å². The topological polar surface area (TPSA) is 24.9 Å². The fraction of sp³-hybridized carbons (Fsp3) is 1.00. The van der Waals surface area contributed by atoms with Crippen molar-refractivity contribution in [3.63, 3.8) is 0 Å². The Hall–Kier alpha value is 0.274. The van der Waals surface area contributed by atoms with Gasteiger partial charge in [0.2, 0.25) is 0 Å². The van der Waals surface area contributed by atoms with E-state index in [0.29, 0.717) is 0 Å². The first-order valence-corrected chi connectivity index (χ1v) is 10.1. The molecule has 0 radical (unpaired) electrons. The van der Waals surface area contributed by atoms with Gasteiger partial charge >= 0.3 is 8.56 Å². The predicted molar refractivity (Wildman–Crippen MR) is 82.2 cm³/mol. The van der Waals surface area contributed by atoms with Gasteiger partial charge in [0.25, 0.3) is 0 Å². The largest absolute Gasteiger partial charge is 0.393 e. The third kappa shape index (κ3) is 4.43. The van der Waals surface area contributed by atoms with Crippen molar-refractivity contribution >= 4 is 19.0 Å². The maximum atomic E-state index is 6.21. The smallest absolute Gasteiger partial charge is 0.340 e. The van der Waals surface area contributed by atoms with Crippen LogP contribution in [0.2, 0.25) is 11.6 Å². The molecule has 18 heavy (non-hydrogen) atoms. The average Bonchev–Trinajstić information content (AvgIpc) is 2.24. The van der Waals surface area contributed by atoms with Crippen molar-refractivity contribution in [3.05, 3.63) is 0 Å². The first kappa shape index (κ1) is 16.3. The van der Waals surface area contributed by atoms with E-state index in [4.69, 9.17) is 8.85 Å². The minimum Gasteiger partial charge on any atom is -0.393 e. The van der Waals surface area contributed by atoms with E-state index >= 15 is 0 Å². The minimum atomic E-state index is -2.08. The molecule has 0 N–H and O–H groups in total. The fourth-order valence-corrected chi connectivity index (χ4v) is 4.68. The van der Waals surface area contributed by atoms with Gasteiger partial charge in [0.15, 0.2) is 0 Å². The molecule has 0 unspecified atom stereocenters. The van der Waals surface area contributed by atoms with Gasteiger partial charge in [-0.15, -0.1) is 0 Å². The number of hydrogen-bond donors (Lipinski definition) is 0. The quantitative estimate of drug-likeness (QED) is 0.701. The Labute approximate surface area is 116 Å². The van der Waals surface area contributed by atoms with Gasteiger partial charge in [-0.2, -0.15) is 0 Å². The highest BCUT2D eigenvalue weighted by Gasteiger charge is 2.48. The zero-order chi connectivity index (χ0) is 13.8. The Morgan fingerprint density at radius 3 is 2.22 bits per heavy atom. The Morgan fingerprint density at radius 1 is 1.28 bits per heavy atom. The van der Waals surface area contributed by atoms with Gasteiger partial charge in [-0.3, -0.25) is 0 Å². The molecule has 108 valence electrons. The van der Waals surface area contributed by atoms with Crippen LogP contribution in [0.4, 0.5) is 0 Å². The number of likely N-dealkylation sites (N-methyl/N-ethyl adjacent to an activating group) is 1. The second-order valence-electron chi connectivity index (χ2n) is 6.38. The highest BCUT2D eigenvalue weighted by Crippen LogP contribution is 2.42. The Morgan fingerprint density at radius 2 is 1.78 bits per heavy atom. The highest BCUT2D eigenvalue weighted by atomic mass is 28.4. The third-order valence-corrected chi connectivity index (χ3v) is 8.78. The Bertz CT molecular complexity index is 252. The van der Waals surface area contributed by atoms with Crippen molar-refractivity contribution in [2.45, 2.75) is 31.9 Å². The molecule has 0 amide bonds. The van der Waals surface area contributed by atoms with E-state index in [0.717, 1.165) is 49.7 Å². The Balaban J connectivity index is 2.64.